The zero-order valence-electron chi connectivity index (χ0n) is 18.9. The number of sulfone groups is 1. The molecule has 0 aliphatic rings. The summed E-state index contributed by atoms with van der Waals surface area (Å²) in [5.41, 5.74) is -3.66. The van der Waals surface area contributed by atoms with Gasteiger partial charge < -0.3 is 5.32 Å². The van der Waals surface area contributed by atoms with Crippen molar-refractivity contribution in [2.75, 3.05) is 11.6 Å². The normalized spacial score (nSPS) is 12.6. The van der Waals surface area contributed by atoms with E-state index in [0.29, 0.717) is 10.6 Å². The monoisotopic (exact) mass is 542 g/mol. The minimum Gasteiger partial charge on any atom is -0.322 e. The lowest BCUT2D eigenvalue weighted by molar-refractivity contribution is -0.142. The van der Waals surface area contributed by atoms with Crippen LogP contribution in [0.15, 0.2) is 59.6 Å². The molecule has 0 saturated carbocycles. The molecule has 0 spiro atoms. The molecule has 0 aliphatic carbocycles. The van der Waals surface area contributed by atoms with Crippen molar-refractivity contribution in [1.29, 1.82) is 0 Å². The number of fused-ring (bicyclic) bond motifs is 1. The number of hydrogen-bond acceptors (Lipinski definition) is 5. The first kappa shape index (κ1) is 26.1. The number of alkyl halides is 6. The summed E-state index contributed by atoms with van der Waals surface area (Å²) in [5.74, 6) is -0.929. The third-order valence-electron chi connectivity index (χ3n) is 5.35. The quantitative estimate of drug-likeness (QED) is 0.349. The van der Waals surface area contributed by atoms with Crippen LogP contribution in [0.25, 0.3) is 16.9 Å². The molecule has 0 aliphatic heterocycles. The summed E-state index contributed by atoms with van der Waals surface area (Å²) in [5, 5.41) is 6.03. The maximum absolute atomic E-state index is 13.8. The van der Waals surface area contributed by atoms with Crippen LogP contribution in [0.4, 0.5) is 32.0 Å². The van der Waals surface area contributed by atoms with E-state index in [9.17, 15) is 39.6 Å². The predicted octanol–water partition coefficient (Wildman–Crippen LogP) is 5.40. The predicted molar refractivity (Wildman–Crippen MR) is 121 cm³/mol. The minimum absolute atomic E-state index is 0.0353. The molecule has 4 rings (SSSR count). The van der Waals surface area contributed by atoms with Crippen molar-refractivity contribution in [3.63, 3.8) is 0 Å². The number of amides is 1. The molecule has 2 aromatic carbocycles. The highest BCUT2D eigenvalue weighted by Gasteiger charge is 2.36. The number of aryl methyl sites for hydroxylation is 1. The Morgan fingerprint density at radius 3 is 2.27 bits per heavy atom. The summed E-state index contributed by atoms with van der Waals surface area (Å²) >= 11 is 0. The summed E-state index contributed by atoms with van der Waals surface area (Å²) in [7, 11) is -3.60. The molecule has 0 saturated heterocycles. The van der Waals surface area contributed by atoms with Gasteiger partial charge in [0.15, 0.2) is 21.2 Å². The van der Waals surface area contributed by atoms with Gasteiger partial charge in [0, 0.05) is 17.5 Å². The van der Waals surface area contributed by atoms with Gasteiger partial charge in [0.25, 0.3) is 5.91 Å². The fraction of sp³-hybridized carbons (Fsp3) is 0.174. The molecule has 2 heterocycles. The molecule has 0 bridgehead atoms. The van der Waals surface area contributed by atoms with Gasteiger partial charge in [-0.2, -0.15) is 31.4 Å². The van der Waals surface area contributed by atoms with E-state index >= 15 is 0 Å². The van der Waals surface area contributed by atoms with E-state index in [1.165, 1.54) is 24.3 Å². The number of halogens is 6. The van der Waals surface area contributed by atoms with Gasteiger partial charge in [0.1, 0.15) is 5.56 Å². The highest BCUT2D eigenvalue weighted by atomic mass is 32.2. The number of anilines is 1. The Kier molecular flexibility index (Phi) is 6.26. The van der Waals surface area contributed by atoms with Gasteiger partial charge in [-0.15, -0.1) is 0 Å². The van der Waals surface area contributed by atoms with Crippen molar-refractivity contribution in [2.24, 2.45) is 0 Å². The molecule has 14 heteroatoms. The Morgan fingerprint density at radius 2 is 1.68 bits per heavy atom. The molecule has 37 heavy (non-hydrogen) atoms. The Balaban J connectivity index is 1.82. The van der Waals surface area contributed by atoms with Crippen molar-refractivity contribution in [2.45, 2.75) is 24.2 Å². The molecule has 1 amide bonds. The average molecular weight is 542 g/mol. The first-order valence-electron chi connectivity index (χ1n) is 10.3. The molecular weight excluding hydrogens is 526 g/mol. The topological polar surface area (TPSA) is 93.4 Å². The molecule has 194 valence electrons. The largest absolute Gasteiger partial charge is 0.433 e. The van der Waals surface area contributed by atoms with Crippen molar-refractivity contribution in [1.82, 2.24) is 14.6 Å². The summed E-state index contributed by atoms with van der Waals surface area (Å²) in [6, 6.07) is 8.62. The summed E-state index contributed by atoms with van der Waals surface area (Å²) in [6.45, 7) is 1.16. The van der Waals surface area contributed by atoms with Gasteiger partial charge in [0.2, 0.25) is 0 Å². The third kappa shape index (κ3) is 5.28. The summed E-state index contributed by atoms with van der Waals surface area (Å²) in [6.07, 6.45) is -7.77. The zero-order chi connectivity index (χ0) is 27.3. The molecule has 2 aromatic heterocycles. The average Bonchev–Trinajstić information content (AvgIpc) is 3.20. The Hall–Kier alpha value is -3.94. The van der Waals surface area contributed by atoms with E-state index in [4.69, 9.17) is 0 Å². The molecule has 0 unspecified atom stereocenters. The van der Waals surface area contributed by atoms with E-state index in [1.54, 1.807) is 0 Å². The van der Waals surface area contributed by atoms with Crippen LogP contribution < -0.4 is 5.32 Å². The summed E-state index contributed by atoms with van der Waals surface area (Å²) in [4.78, 5) is 16.9. The lowest BCUT2D eigenvalue weighted by atomic mass is 10.0. The zero-order valence-corrected chi connectivity index (χ0v) is 19.8. The molecule has 4 aromatic rings. The van der Waals surface area contributed by atoms with Crippen molar-refractivity contribution >= 4 is 27.1 Å². The van der Waals surface area contributed by atoms with Crippen molar-refractivity contribution < 1.29 is 39.6 Å². The lowest BCUT2D eigenvalue weighted by Crippen LogP contribution is -2.16. The van der Waals surface area contributed by atoms with Gasteiger partial charge in [-0.3, -0.25) is 4.79 Å². The molecule has 0 atom stereocenters. The van der Waals surface area contributed by atoms with Crippen LogP contribution >= 0.6 is 0 Å². The van der Waals surface area contributed by atoms with Crippen molar-refractivity contribution in [3.8, 4) is 11.3 Å². The SMILES string of the molecule is Cc1cc(-c2cc(C(F)(F)F)n3ncc(C(=O)Nc4cccc(S(C)(=O)=O)c4)c3n2)ccc1C(F)(F)F. The van der Waals surface area contributed by atoms with E-state index in [2.05, 4.69) is 15.4 Å². The number of hydrogen-bond donors (Lipinski definition) is 1. The van der Waals surface area contributed by atoms with E-state index in [1.807, 2.05) is 0 Å². The molecular formula is C23H16F6N4O3S. The molecule has 7 nitrogen and oxygen atoms in total. The van der Waals surface area contributed by atoms with Crippen LogP contribution in [0, 0.1) is 6.92 Å². The van der Waals surface area contributed by atoms with Crippen LogP contribution in [0.3, 0.4) is 0 Å². The van der Waals surface area contributed by atoms with Crippen LogP contribution in [-0.2, 0) is 22.2 Å². The maximum atomic E-state index is 13.8. The number of rotatable bonds is 4. The maximum Gasteiger partial charge on any atom is 0.433 e. The second kappa shape index (κ2) is 8.87. The number of aromatic nitrogens is 3. The fourth-order valence-corrected chi connectivity index (χ4v) is 4.28. The molecule has 1 N–H and O–H groups in total. The smallest absolute Gasteiger partial charge is 0.322 e. The number of carbonyl (C=O) groups excluding carboxylic acids is 1. The van der Waals surface area contributed by atoms with Gasteiger partial charge in [-0.05, 0) is 48.9 Å². The van der Waals surface area contributed by atoms with Crippen molar-refractivity contribution in [3.05, 3.63) is 77.1 Å². The molecule has 0 fully saturated rings. The van der Waals surface area contributed by atoms with Crippen LogP contribution in [0.2, 0.25) is 0 Å². The standard InChI is InChI=1S/C23H16F6N4O3S/c1-12-8-13(6-7-17(12)22(24,25)26)18-10-19(23(27,28)29)33-20(32-18)16(11-30-33)21(34)31-14-4-3-5-15(9-14)37(2,35)36/h3-11H,1-2H3,(H,31,34). The van der Waals surface area contributed by atoms with Gasteiger partial charge in [0.05, 0.1) is 22.3 Å². The second-order valence-corrected chi connectivity index (χ2v) is 10.1. The first-order valence-corrected chi connectivity index (χ1v) is 12.2. The minimum atomic E-state index is -4.94. The van der Waals surface area contributed by atoms with Gasteiger partial charge >= 0.3 is 12.4 Å². The van der Waals surface area contributed by atoms with Gasteiger partial charge in [-0.1, -0.05) is 12.1 Å². The highest BCUT2D eigenvalue weighted by molar-refractivity contribution is 7.90. The molecule has 0 radical (unpaired) electrons. The Morgan fingerprint density at radius 1 is 0.973 bits per heavy atom. The van der Waals surface area contributed by atoms with E-state index in [0.717, 1.165) is 37.6 Å². The first-order chi connectivity index (χ1) is 17.1. The van der Waals surface area contributed by atoms with Crippen LogP contribution in [-0.4, -0.2) is 35.2 Å². The Bertz CT molecular complexity index is 1640. The highest BCUT2D eigenvalue weighted by Crippen LogP contribution is 2.36. The number of nitrogens with zero attached hydrogens (tertiary/aromatic N) is 3. The van der Waals surface area contributed by atoms with E-state index in [-0.39, 0.29) is 33.0 Å². The van der Waals surface area contributed by atoms with Crippen LogP contribution in [0.1, 0.15) is 27.2 Å². The lowest BCUT2D eigenvalue weighted by Gasteiger charge is -2.14. The Labute approximate surface area is 205 Å². The number of nitrogens with one attached hydrogen (secondary N) is 1. The third-order valence-corrected chi connectivity index (χ3v) is 6.46. The number of carbonyl (C=O) groups is 1. The second-order valence-electron chi connectivity index (χ2n) is 8.10. The summed E-state index contributed by atoms with van der Waals surface area (Å²) < 4.78 is 105. The van der Waals surface area contributed by atoms with Gasteiger partial charge in [-0.25, -0.2) is 17.9 Å². The van der Waals surface area contributed by atoms with Crippen LogP contribution in [0.5, 0.6) is 0 Å². The number of benzene rings is 2. The fourth-order valence-electron chi connectivity index (χ4n) is 3.62. The van der Waals surface area contributed by atoms with E-state index < -0.39 is 45.0 Å².